The first kappa shape index (κ1) is 14.8. The molecule has 2 aliphatic carbocycles. The predicted octanol–water partition coefficient (Wildman–Crippen LogP) is 0.481. The number of cyclic esters (lactones) is 1. The van der Waals surface area contributed by atoms with Gasteiger partial charge in [0.05, 0.1) is 18.9 Å². The van der Waals surface area contributed by atoms with Crippen molar-refractivity contribution in [1.82, 2.24) is 0 Å². The molecule has 1 saturated heterocycles. The van der Waals surface area contributed by atoms with E-state index < -0.39 is 0 Å². The molecule has 2 N–H and O–H groups in total. The van der Waals surface area contributed by atoms with E-state index in [4.69, 9.17) is 19.9 Å². The summed E-state index contributed by atoms with van der Waals surface area (Å²) in [5.41, 5.74) is 6.12. The van der Waals surface area contributed by atoms with Crippen LogP contribution >= 0.6 is 0 Å². The number of ether oxygens (including phenoxy) is 3. The van der Waals surface area contributed by atoms with Gasteiger partial charge in [-0.3, -0.25) is 9.59 Å². The van der Waals surface area contributed by atoms with Gasteiger partial charge in [-0.2, -0.15) is 0 Å². The van der Waals surface area contributed by atoms with Gasteiger partial charge >= 0.3 is 11.9 Å². The van der Waals surface area contributed by atoms with Gasteiger partial charge in [-0.05, 0) is 30.6 Å². The molecule has 0 radical (unpaired) electrons. The van der Waals surface area contributed by atoms with E-state index in [1.165, 1.54) is 0 Å². The molecule has 6 unspecified atom stereocenters. The van der Waals surface area contributed by atoms with E-state index in [1.54, 1.807) is 0 Å². The maximum atomic E-state index is 12.1. The molecule has 0 spiro atoms. The van der Waals surface area contributed by atoms with Crippen LogP contribution in [0.15, 0.2) is 0 Å². The molecule has 1 aliphatic heterocycles. The Morgan fingerprint density at radius 3 is 2.81 bits per heavy atom. The van der Waals surface area contributed by atoms with Crippen molar-refractivity contribution in [1.29, 1.82) is 0 Å². The third-order valence-electron chi connectivity index (χ3n) is 5.28. The van der Waals surface area contributed by atoms with Gasteiger partial charge in [0.25, 0.3) is 0 Å². The Balaban J connectivity index is 1.37. The Hall–Kier alpha value is -1.14. The molecule has 0 aromatic heterocycles. The SMILES string of the molecule is CC1C(N)C2CC(C(=O)OCCOC3COC(=O)C3)C1C2. The highest BCUT2D eigenvalue weighted by molar-refractivity contribution is 5.73. The summed E-state index contributed by atoms with van der Waals surface area (Å²) in [6.07, 6.45) is 2.01. The zero-order valence-corrected chi connectivity index (χ0v) is 12.3. The van der Waals surface area contributed by atoms with Gasteiger partial charge in [0.1, 0.15) is 19.3 Å². The van der Waals surface area contributed by atoms with E-state index in [2.05, 4.69) is 6.92 Å². The molecule has 2 bridgehead atoms. The molecule has 118 valence electrons. The zero-order chi connectivity index (χ0) is 15.0. The van der Waals surface area contributed by atoms with Crippen LogP contribution in [0.5, 0.6) is 0 Å². The average Bonchev–Trinajstić information content (AvgIpc) is 3.13. The largest absolute Gasteiger partial charge is 0.463 e. The lowest BCUT2D eigenvalue weighted by Crippen LogP contribution is -2.40. The number of esters is 2. The minimum Gasteiger partial charge on any atom is -0.463 e. The van der Waals surface area contributed by atoms with Crippen LogP contribution in [0.1, 0.15) is 26.2 Å². The Labute approximate surface area is 124 Å². The summed E-state index contributed by atoms with van der Waals surface area (Å²) in [6.45, 7) is 2.98. The zero-order valence-electron chi connectivity index (χ0n) is 12.3. The Bertz CT molecular complexity index is 424. The van der Waals surface area contributed by atoms with E-state index in [0.717, 1.165) is 12.8 Å². The number of carbonyl (C=O) groups excluding carboxylic acids is 2. The van der Waals surface area contributed by atoms with Crippen LogP contribution in [0.25, 0.3) is 0 Å². The number of fused-ring (bicyclic) bond motifs is 2. The van der Waals surface area contributed by atoms with Crippen LogP contribution in [-0.4, -0.2) is 43.9 Å². The number of hydrogen-bond donors (Lipinski definition) is 1. The Morgan fingerprint density at radius 2 is 2.19 bits per heavy atom. The summed E-state index contributed by atoms with van der Waals surface area (Å²) in [4.78, 5) is 23.0. The third kappa shape index (κ3) is 2.92. The van der Waals surface area contributed by atoms with Crippen molar-refractivity contribution in [3.05, 3.63) is 0 Å². The standard InChI is InChI=1S/C15H23NO5/c1-8-11-4-9(14(8)16)5-12(11)15(18)20-3-2-19-10-6-13(17)21-7-10/h8-12,14H,2-7,16H2,1H3. The van der Waals surface area contributed by atoms with Gasteiger partial charge in [0.2, 0.25) is 0 Å². The lowest BCUT2D eigenvalue weighted by molar-refractivity contribution is -0.153. The second kappa shape index (κ2) is 5.93. The maximum Gasteiger partial charge on any atom is 0.309 e. The smallest absolute Gasteiger partial charge is 0.309 e. The summed E-state index contributed by atoms with van der Waals surface area (Å²) in [5, 5.41) is 0. The predicted molar refractivity (Wildman–Crippen MR) is 73.1 cm³/mol. The molecule has 3 aliphatic rings. The fourth-order valence-electron chi connectivity index (χ4n) is 4.05. The molecule has 1 heterocycles. The molecular weight excluding hydrogens is 274 g/mol. The second-order valence-corrected chi connectivity index (χ2v) is 6.49. The minimum absolute atomic E-state index is 0.00110. The highest BCUT2D eigenvalue weighted by Crippen LogP contribution is 2.51. The van der Waals surface area contributed by atoms with Crippen molar-refractivity contribution in [2.24, 2.45) is 29.4 Å². The fraction of sp³-hybridized carbons (Fsp3) is 0.867. The van der Waals surface area contributed by atoms with E-state index in [0.29, 0.717) is 31.0 Å². The van der Waals surface area contributed by atoms with Crippen LogP contribution in [-0.2, 0) is 23.8 Å². The van der Waals surface area contributed by atoms with E-state index in [9.17, 15) is 9.59 Å². The summed E-state index contributed by atoms with van der Waals surface area (Å²) in [5.74, 6) is 0.896. The molecule has 0 aromatic rings. The van der Waals surface area contributed by atoms with Crippen molar-refractivity contribution in [2.45, 2.75) is 38.3 Å². The molecule has 3 fully saturated rings. The van der Waals surface area contributed by atoms with Crippen LogP contribution in [0.3, 0.4) is 0 Å². The third-order valence-corrected chi connectivity index (χ3v) is 5.28. The van der Waals surface area contributed by atoms with E-state index >= 15 is 0 Å². The van der Waals surface area contributed by atoms with Crippen LogP contribution in [0.4, 0.5) is 0 Å². The van der Waals surface area contributed by atoms with Gasteiger partial charge in [0, 0.05) is 6.04 Å². The van der Waals surface area contributed by atoms with Gasteiger partial charge in [-0.15, -0.1) is 0 Å². The quantitative estimate of drug-likeness (QED) is 0.586. The lowest BCUT2D eigenvalue weighted by Gasteiger charge is -2.30. The molecule has 21 heavy (non-hydrogen) atoms. The van der Waals surface area contributed by atoms with E-state index in [1.807, 2.05) is 0 Å². The Morgan fingerprint density at radius 1 is 1.38 bits per heavy atom. The molecular formula is C15H23NO5. The highest BCUT2D eigenvalue weighted by Gasteiger charge is 2.52. The first-order chi connectivity index (χ1) is 10.1. The summed E-state index contributed by atoms with van der Waals surface area (Å²) in [6, 6.07) is 0.238. The minimum atomic E-state index is -0.232. The van der Waals surface area contributed by atoms with Crippen LogP contribution < -0.4 is 5.73 Å². The van der Waals surface area contributed by atoms with Gasteiger partial charge in [0.15, 0.2) is 0 Å². The molecule has 0 aromatic carbocycles. The fourth-order valence-corrected chi connectivity index (χ4v) is 4.05. The average molecular weight is 297 g/mol. The second-order valence-electron chi connectivity index (χ2n) is 6.49. The van der Waals surface area contributed by atoms with Crippen molar-refractivity contribution >= 4 is 11.9 Å². The maximum absolute atomic E-state index is 12.1. The van der Waals surface area contributed by atoms with Crippen molar-refractivity contribution in [3.63, 3.8) is 0 Å². The van der Waals surface area contributed by atoms with Gasteiger partial charge in [-0.25, -0.2) is 0 Å². The number of nitrogens with two attached hydrogens (primary N) is 1. The van der Waals surface area contributed by atoms with Gasteiger partial charge < -0.3 is 19.9 Å². The van der Waals surface area contributed by atoms with Crippen molar-refractivity contribution in [2.75, 3.05) is 19.8 Å². The topological polar surface area (TPSA) is 87.9 Å². The number of carbonyl (C=O) groups is 2. The molecule has 6 nitrogen and oxygen atoms in total. The molecule has 6 atom stereocenters. The highest BCUT2D eigenvalue weighted by atomic mass is 16.6. The number of rotatable bonds is 5. The summed E-state index contributed by atoms with van der Waals surface area (Å²) >= 11 is 0. The first-order valence-electron chi connectivity index (χ1n) is 7.75. The van der Waals surface area contributed by atoms with E-state index in [-0.39, 0.29) is 43.0 Å². The van der Waals surface area contributed by atoms with Crippen LogP contribution in [0, 0.1) is 23.7 Å². The van der Waals surface area contributed by atoms with Crippen LogP contribution in [0.2, 0.25) is 0 Å². The normalized spacial score (nSPS) is 41.3. The first-order valence-corrected chi connectivity index (χ1v) is 7.75. The summed E-state index contributed by atoms with van der Waals surface area (Å²) in [7, 11) is 0. The molecule has 3 rings (SSSR count). The number of hydrogen-bond acceptors (Lipinski definition) is 6. The van der Waals surface area contributed by atoms with Crippen molar-refractivity contribution in [3.8, 4) is 0 Å². The molecule has 0 amide bonds. The van der Waals surface area contributed by atoms with Gasteiger partial charge in [-0.1, -0.05) is 6.92 Å². The monoisotopic (exact) mass is 297 g/mol. The Kier molecular flexibility index (Phi) is 4.17. The van der Waals surface area contributed by atoms with Crippen molar-refractivity contribution < 1.29 is 23.8 Å². The molecule has 6 heteroatoms. The molecule has 2 saturated carbocycles. The lowest BCUT2D eigenvalue weighted by atomic mass is 9.79. The summed E-state index contributed by atoms with van der Waals surface area (Å²) < 4.78 is 15.6.